The predicted octanol–water partition coefficient (Wildman–Crippen LogP) is 4.22. The maximum absolute atomic E-state index is 12.1. The lowest BCUT2D eigenvalue weighted by Crippen LogP contribution is -2.56. The Hall–Kier alpha value is -2.77. The Morgan fingerprint density at radius 3 is 2.68 bits per heavy atom. The van der Waals surface area contributed by atoms with Crippen LogP contribution in [0.25, 0.3) is 0 Å². The van der Waals surface area contributed by atoms with E-state index in [1.807, 2.05) is 12.1 Å². The molecule has 2 aromatic carbocycles. The monoisotopic (exact) mass is 443 g/mol. The fourth-order valence-corrected chi connectivity index (χ4v) is 4.49. The van der Waals surface area contributed by atoms with Gasteiger partial charge in [0.2, 0.25) is 0 Å². The lowest BCUT2D eigenvalue weighted by molar-refractivity contribution is 0.0778. The van der Waals surface area contributed by atoms with Gasteiger partial charge in [0.05, 0.1) is 6.61 Å². The number of nitrogens with zero attached hydrogens (tertiary/aromatic N) is 2. The summed E-state index contributed by atoms with van der Waals surface area (Å²) < 4.78 is 5.13. The Labute approximate surface area is 186 Å². The van der Waals surface area contributed by atoms with Crippen LogP contribution in [0.1, 0.15) is 43.4 Å². The van der Waals surface area contributed by atoms with Crippen molar-refractivity contribution in [3.05, 3.63) is 58.6 Å². The van der Waals surface area contributed by atoms with Crippen LogP contribution in [-0.4, -0.2) is 52.3 Å². The van der Waals surface area contributed by atoms with Crippen molar-refractivity contribution >= 4 is 23.4 Å². The van der Waals surface area contributed by atoms with Crippen LogP contribution in [0, 0.1) is 0 Å². The Balaban J connectivity index is 1.69. The van der Waals surface area contributed by atoms with Gasteiger partial charge in [0.1, 0.15) is 17.2 Å². The third-order valence-electron chi connectivity index (χ3n) is 5.89. The highest BCUT2D eigenvalue weighted by Gasteiger charge is 2.42. The molecule has 8 heteroatoms. The van der Waals surface area contributed by atoms with Crippen molar-refractivity contribution in [3.63, 3.8) is 0 Å². The van der Waals surface area contributed by atoms with E-state index in [-0.39, 0.29) is 23.6 Å². The second-order valence-corrected chi connectivity index (χ2v) is 8.33. The van der Waals surface area contributed by atoms with E-state index in [4.69, 9.17) is 21.3 Å². The number of carbonyl (C=O) groups excluding carboxylic acids is 1. The van der Waals surface area contributed by atoms with E-state index in [1.54, 1.807) is 42.2 Å². The van der Waals surface area contributed by atoms with Crippen LogP contribution in [0.4, 0.5) is 4.79 Å². The highest BCUT2D eigenvalue weighted by atomic mass is 35.5. The number of carbonyl (C=O) groups is 1. The smallest absolute Gasteiger partial charge is 0.409 e. The maximum atomic E-state index is 12.1. The molecule has 0 aliphatic carbocycles. The fourth-order valence-electron chi connectivity index (χ4n) is 4.31. The Kier molecular flexibility index (Phi) is 6.07. The van der Waals surface area contributed by atoms with Crippen molar-refractivity contribution in [3.8, 4) is 11.5 Å². The summed E-state index contributed by atoms with van der Waals surface area (Å²) in [4.78, 5) is 18.8. The molecule has 2 aliphatic rings. The van der Waals surface area contributed by atoms with Gasteiger partial charge in [-0.2, -0.15) is 0 Å². The first-order valence-electron chi connectivity index (χ1n) is 10.5. The van der Waals surface area contributed by atoms with Gasteiger partial charge in [-0.25, -0.2) is 4.79 Å². The van der Waals surface area contributed by atoms with Gasteiger partial charge in [-0.15, -0.1) is 0 Å². The third kappa shape index (κ3) is 4.48. The van der Waals surface area contributed by atoms with Crippen LogP contribution in [-0.2, 0) is 4.74 Å². The van der Waals surface area contributed by atoms with Crippen molar-refractivity contribution in [2.75, 3.05) is 19.7 Å². The average Bonchev–Trinajstić information content (AvgIpc) is 2.76. The number of para-hydroxylation sites is 1. The van der Waals surface area contributed by atoms with Crippen molar-refractivity contribution in [2.45, 2.75) is 37.9 Å². The standard InChI is InChI=1S/C23H26ClN3O4/c1-2-31-22(30)27-11-9-23(10-12-27)25-18(16-5-3-4-6-20(16)28)14-19(26-23)17-13-15(24)7-8-21(17)29/h3-8,13,18,25,28-29H,2,9-12,14H2,1H3/t18-/m0/s1. The SMILES string of the molecule is CCOC(=O)N1CCC2(CC1)N=C(c1cc(Cl)ccc1O)C[C@@H](c1ccccc1O)N2. The molecule has 2 aromatic rings. The van der Waals surface area contributed by atoms with Gasteiger partial charge in [-0.05, 0) is 31.2 Å². The van der Waals surface area contributed by atoms with Crippen LogP contribution in [0.3, 0.4) is 0 Å². The van der Waals surface area contributed by atoms with E-state index in [1.165, 1.54) is 0 Å². The van der Waals surface area contributed by atoms with Crippen LogP contribution < -0.4 is 5.32 Å². The summed E-state index contributed by atoms with van der Waals surface area (Å²) in [6.45, 7) is 3.12. The Morgan fingerprint density at radius 1 is 1.23 bits per heavy atom. The van der Waals surface area contributed by atoms with E-state index >= 15 is 0 Å². The van der Waals surface area contributed by atoms with Crippen LogP contribution in [0.5, 0.6) is 11.5 Å². The van der Waals surface area contributed by atoms with E-state index in [0.29, 0.717) is 49.5 Å². The summed E-state index contributed by atoms with van der Waals surface area (Å²) in [5.41, 5.74) is 1.44. The average molecular weight is 444 g/mol. The van der Waals surface area contributed by atoms with Crippen molar-refractivity contribution in [2.24, 2.45) is 4.99 Å². The number of phenolic OH excluding ortho intramolecular Hbond substituents is 2. The minimum absolute atomic E-state index is 0.111. The minimum atomic E-state index is -0.627. The number of halogens is 1. The third-order valence-corrected chi connectivity index (χ3v) is 6.12. The topological polar surface area (TPSA) is 94.4 Å². The zero-order valence-electron chi connectivity index (χ0n) is 17.3. The predicted molar refractivity (Wildman–Crippen MR) is 119 cm³/mol. The fraction of sp³-hybridized carbons (Fsp3) is 0.391. The van der Waals surface area contributed by atoms with Crippen LogP contribution >= 0.6 is 11.6 Å². The molecule has 0 aromatic heterocycles. The maximum Gasteiger partial charge on any atom is 0.409 e. The molecule has 1 spiro atoms. The molecule has 0 radical (unpaired) electrons. The quantitative estimate of drug-likeness (QED) is 0.660. The number of aliphatic imine (C=N–C) groups is 1. The summed E-state index contributed by atoms with van der Waals surface area (Å²) in [5, 5.41) is 25.1. The summed E-state index contributed by atoms with van der Waals surface area (Å²) in [6, 6.07) is 11.9. The lowest BCUT2D eigenvalue weighted by atomic mass is 9.87. The normalized spacial score (nSPS) is 20.4. The molecular formula is C23H26ClN3O4. The first kappa shape index (κ1) is 21.5. The molecule has 0 unspecified atom stereocenters. The molecule has 31 heavy (non-hydrogen) atoms. The summed E-state index contributed by atoms with van der Waals surface area (Å²) in [6.07, 6.45) is 1.33. The molecule has 0 saturated carbocycles. The molecule has 7 nitrogen and oxygen atoms in total. The van der Waals surface area contributed by atoms with Gasteiger partial charge < -0.3 is 19.8 Å². The molecule has 1 amide bonds. The number of phenols is 2. The van der Waals surface area contributed by atoms with Gasteiger partial charge in [-0.1, -0.05) is 29.8 Å². The van der Waals surface area contributed by atoms with E-state index in [0.717, 1.165) is 11.3 Å². The van der Waals surface area contributed by atoms with Gasteiger partial charge in [0.15, 0.2) is 0 Å². The van der Waals surface area contributed by atoms with E-state index < -0.39 is 5.66 Å². The van der Waals surface area contributed by atoms with E-state index in [2.05, 4.69) is 5.32 Å². The second kappa shape index (κ2) is 8.77. The number of nitrogens with one attached hydrogen (secondary N) is 1. The number of rotatable bonds is 3. The number of benzene rings is 2. The number of ether oxygens (including phenoxy) is 1. The van der Waals surface area contributed by atoms with Gasteiger partial charge >= 0.3 is 6.09 Å². The molecule has 1 atom stereocenters. The number of hydrogen-bond acceptors (Lipinski definition) is 6. The number of aromatic hydroxyl groups is 2. The Morgan fingerprint density at radius 2 is 1.97 bits per heavy atom. The molecule has 2 heterocycles. The number of hydrogen-bond donors (Lipinski definition) is 3. The lowest BCUT2D eigenvalue weighted by Gasteiger charge is -2.45. The van der Waals surface area contributed by atoms with Gasteiger partial charge in [0, 0.05) is 60.3 Å². The first-order valence-corrected chi connectivity index (χ1v) is 10.8. The highest BCUT2D eigenvalue weighted by Crippen LogP contribution is 2.39. The first-order chi connectivity index (χ1) is 14.9. The second-order valence-electron chi connectivity index (χ2n) is 7.90. The molecule has 2 aliphatic heterocycles. The molecule has 0 bridgehead atoms. The largest absolute Gasteiger partial charge is 0.508 e. The van der Waals surface area contributed by atoms with Crippen LogP contribution in [0.15, 0.2) is 47.5 Å². The Bertz CT molecular complexity index is 1000. The molecule has 3 N–H and O–H groups in total. The van der Waals surface area contributed by atoms with Gasteiger partial charge in [0.25, 0.3) is 0 Å². The molecule has 1 saturated heterocycles. The molecule has 1 fully saturated rings. The van der Waals surface area contributed by atoms with Crippen LogP contribution in [0.2, 0.25) is 5.02 Å². The van der Waals surface area contributed by atoms with Gasteiger partial charge in [-0.3, -0.25) is 10.3 Å². The summed E-state index contributed by atoms with van der Waals surface area (Å²) in [5.74, 6) is 0.316. The minimum Gasteiger partial charge on any atom is -0.508 e. The number of amides is 1. The number of likely N-dealkylation sites (tertiary alicyclic amines) is 1. The zero-order valence-corrected chi connectivity index (χ0v) is 18.1. The summed E-state index contributed by atoms with van der Waals surface area (Å²) >= 11 is 6.20. The number of piperidine rings is 1. The van der Waals surface area contributed by atoms with Crippen molar-refractivity contribution in [1.29, 1.82) is 0 Å². The van der Waals surface area contributed by atoms with Crippen molar-refractivity contribution < 1.29 is 19.7 Å². The highest BCUT2D eigenvalue weighted by molar-refractivity contribution is 6.31. The zero-order chi connectivity index (χ0) is 22.0. The summed E-state index contributed by atoms with van der Waals surface area (Å²) in [7, 11) is 0. The van der Waals surface area contributed by atoms with E-state index in [9.17, 15) is 15.0 Å². The van der Waals surface area contributed by atoms with Crippen molar-refractivity contribution in [1.82, 2.24) is 10.2 Å². The molecule has 4 rings (SSSR count). The molecular weight excluding hydrogens is 418 g/mol. The molecule has 164 valence electrons.